The molecule has 3 rings (SSSR count). The van der Waals surface area contributed by atoms with Gasteiger partial charge in [0, 0.05) is 31.9 Å². The fourth-order valence-electron chi connectivity index (χ4n) is 2.57. The summed E-state index contributed by atoms with van der Waals surface area (Å²) in [5, 5.41) is 0. The smallest absolute Gasteiger partial charge is 0.170 e. The van der Waals surface area contributed by atoms with E-state index in [0.717, 1.165) is 29.8 Å². The van der Waals surface area contributed by atoms with E-state index in [1.165, 1.54) is 16.8 Å². The molecular weight excluding hydrogens is 272 g/mol. The van der Waals surface area contributed by atoms with Crippen LogP contribution in [-0.2, 0) is 13.0 Å². The highest BCUT2D eigenvalue weighted by Crippen LogP contribution is 2.17. The van der Waals surface area contributed by atoms with Crippen LogP contribution in [0.2, 0.25) is 0 Å². The molecule has 0 saturated heterocycles. The van der Waals surface area contributed by atoms with Crippen LogP contribution in [0.5, 0.6) is 0 Å². The summed E-state index contributed by atoms with van der Waals surface area (Å²) in [6, 6.07) is 8.60. The first-order valence-electron chi connectivity index (χ1n) is 7.65. The predicted octanol–water partition coefficient (Wildman–Crippen LogP) is 2.78. The average Bonchev–Trinajstić information content (AvgIpc) is 2.88. The van der Waals surface area contributed by atoms with E-state index in [-0.39, 0.29) is 0 Å². The van der Waals surface area contributed by atoms with Crippen molar-refractivity contribution in [3.05, 3.63) is 53.6 Å². The summed E-state index contributed by atoms with van der Waals surface area (Å²) in [5.41, 5.74) is 6.00. The highest BCUT2D eigenvalue weighted by Gasteiger charge is 2.08. The van der Waals surface area contributed by atoms with Gasteiger partial charge in [-0.1, -0.05) is 0 Å². The summed E-state index contributed by atoms with van der Waals surface area (Å²) in [6.45, 7) is 5.19. The number of hydrogen-bond acceptors (Lipinski definition) is 2. The topological polar surface area (TPSA) is 35.8 Å². The van der Waals surface area contributed by atoms with Gasteiger partial charge in [-0.15, -0.1) is 0 Å². The van der Waals surface area contributed by atoms with Crippen molar-refractivity contribution < 1.29 is 4.57 Å². The van der Waals surface area contributed by atoms with Crippen LogP contribution in [0.1, 0.15) is 17.0 Å². The van der Waals surface area contributed by atoms with Crippen molar-refractivity contribution in [1.29, 1.82) is 0 Å². The van der Waals surface area contributed by atoms with Crippen molar-refractivity contribution in [3.63, 3.8) is 0 Å². The lowest BCUT2D eigenvalue weighted by Crippen LogP contribution is -2.34. The number of fused-ring (bicyclic) bond motifs is 1. The van der Waals surface area contributed by atoms with E-state index < -0.39 is 0 Å². The maximum atomic E-state index is 4.70. The van der Waals surface area contributed by atoms with Crippen molar-refractivity contribution in [2.24, 2.45) is 0 Å². The van der Waals surface area contributed by atoms with Crippen molar-refractivity contribution in [3.8, 4) is 0 Å². The summed E-state index contributed by atoms with van der Waals surface area (Å²) in [4.78, 5) is 10.2. The third-order valence-electron chi connectivity index (χ3n) is 4.14. The summed E-state index contributed by atoms with van der Waals surface area (Å²) >= 11 is 0. The van der Waals surface area contributed by atoms with E-state index in [4.69, 9.17) is 4.98 Å². The number of nitrogens with zero attached hydrogens (tertiary/aromatic N) is 3. The quantitative estimate of drug-likeness (QED) is 0.751. The zero-order valence-electron chi connectivity index (χ0n) is 13.7. The molecule has 1 N–H and O–H groups in total. The number of benzene rings is 1. The van der Waals surface area contributed by atoms with Gasteiger partial charge in [0.15, 0.2) is 18.9 Å². The monoisotopic (exact) mass is 295 g/mol. The van der Waals surface area contributed by atoms with Gasteiger partial charge in [-0.2, -0.15) is 0 Å². The molecule has 114 valence electrons. The summed E-state index contributed by atoms with van der Waals surface area (Å²) in [5.74, 6) is 1.05. The van der Waals surface area contributed by atoms with Crippen LogP contribution in [0.25, 0.3) is 11.0 Å². The third-order valence-corrected chi connectivity index (χ3v) is 4.14. The molecule has 1 aromatic carbocycles. The lowest BCUT2D eigenvalue weighted by atomic mass is 10.1. The average molecular weight is 295 g/mol. The van der Waals surface area contributed by atoms with Crippen molar-refractivity contribution in [2.75, 3.05) is 19.0 Å². The van der Waals surface area contributed by atoms with Gasteiger partial charge in [-0.3, -0.25) is 0 Å². The molecule has 3 aromatic rings. The van der Waals surface area contributed by atoms with Gasteiger partial charge in [0.1, 0.15) is 5.82 Å². The Bertz CT molecular complexity index is 746. The molecule has 0 spiro atoms. The number of pyridine rings is 1. The number of rotatable bonds is 4. The van der Waals surface area contributed by atoms with Gasteiger partial charge in [0.25, 0.3) is 0 Å². The van der Waals surface area contributed by atoms with E-state index in [2.05, 4.69) is 79.1 Å². The first-order chi connectivity index (χ1) is 10.5. The fraction of sp³-hybridized carbons (Fsp3) is 0.333. The number of aromatic amines is 1. The van der Waals surface area contributed by atoms with Crippen LogP contribution in [-0.4, -0.2) is 24.1 Å². The second kappa shape index (κ2) is 5.79. The van der Waals surface area contributed by atoms with Crippen LogP contribution in [0, 0.1) is 13.8 Å². The summed E-state index contributed by atoms with van der Waals surface area (Å²) in [7, 11) is 4.11. The molecule has 0 radical (unpaired) electrons. The molecule has 0 amide bonds. The van der Waals surface area contributed by atoms with Crippen LogP contribution in [0.4, 0.5) is 5.69 Å². The van der Waals surface area contributed by atoms with Gasteiger partial charge in [-0.25, -0.2) is 9.55 Å². The Morgan fingerprint density at radius 2 is 1.77 bits per heavy atom. The van der Waals surface area contributed by atoms with Gasteiger partial charge < -0.3 is 9.88 Å². The normalized spacial score (nSPS) is 11.1. The lowest BCUT2D eigenvalue weighted by Gasteiger charge is -2.10. The Morgan fingerprint density at radius 1 is 1.09 bits per heavy atom. The number of anilines is 1. The van der Waals surface area contributed by atoms with E-state index in [0.29, 0.717) is 0 Å². The SMILES string of the molecule is Cc1cc2nc(CC[n+]3ccc(N(C)C)cc3)[nH]c2cc1C. The molecule has 4 nitrogen and oxygen atoms in total. The van der Waals surface area contributed by atoms with E-state index in [1.807, 2.05) is 0 Å². The molecule has 0 fully saturated rings. The van der Waals surface area contributed by atoms with Crippen LogP contribution in [0.3, 0.4) is 0 Å². The molecule has 22 heavy (non-hydrogen) atoms. The van der Waals surface area contributed by atoms with E-state index >= 15 is 0 Å². The summed E-state index contributed by atoms with van der Waals surface area (Å²) < 4.78 is 2.19. The molecule has 2 heterocycles. The number of H-pyrrole nitrogens is 1. The van der Waals surface area contributed by atoms with E-state index in [1.54, 1.807) is 0 Å². The first kappa shape index (κ1) is 14.6. The van der Waals surface area contributed by atoms with Crippen LogP contribution < -0.4 is 9.47 Å². The summed E-state index contributed by atoms with van der Waals surface area (Å²) in [6.07, 6.45) is 5.14. The predicted molar refractivity (Wildman–Crippen MR) is 90.2 cm³/mol. The maximum absolute atomic E-state index is 4.70. The minimum Gasteiger partial charge on any atom is -0.377 e. The molecule has 0 aliphatic heterocycles. The minimum absolute atomic E-state index is 0.902. The Balaban J connectivity index is 1.73. The van der Waals surface area contributed by atoms with Gasteiger partial charge >= 0.3 is 0 Å². The van der Waals surface area contributed by atoms with Gasteiger partial charge in [0.2, 0.25) is 0 Å². The first-order valence-corrected chi connectivity index (χ1v) is 7.65. The number of hydrogen-bond donors (Lipinski definition) is 1. The zero-order chi connectivity index (χ0) is 15.7. The molecule has 2 aromatic heterocycles. The van der Waals surface area contributed by atoms with Gasteiger partial charge in [-0.05, 0) is 37.1 Å². The van der Waals surface area contributed by atoms with Crippen molar-refractivity contribution in [1.82, 2.24) is 9.97 Å². The Morgan fingerprint density at radius 3 is 2.45 bits per heavy atom. The molecule has 0 saturated carbocycles. The van der Waals surface area contributed by atoms with Crippen molar-refractivity contribution in [2.45, 2.75) is 26.8 Å². The van der Waals surface area contributed by atoms with E-state index in [9.17, 15) is 0 Å². The second-order valence-electron chi connectivity index (χ2n) is 6.08. The fourth-order valence-corrected chi connectivity index (χ4v) is 2.57. The largest absolute Gasteiger partial charge is 0.377 e. The Kier molecular flexibility index (Phi) is 3.84. The zero-order valence-corrected chi connectivity index (χ0v) is 13.7. The lowest BCUT2D eigenvalue weighted by molar-refractivity contribution is -0.696. The third kappa shape index (κ3) is 2.96. The number of imidazole rings is 1. The molecule has 0 atom stereocenters. The van der Waals surface area contributed by atoms with Crippen molar-refractivity contribution >= 4 is 16.7 Å². The molecule has 0 unspecified atom stereocenters. The molecule has 0 aliphatic rings. The van der Waals surface area contributed by atoms with Crippen LogP contribution in [0.15, 0.2) is 36.7 Å². The second-order valence-corrected chi connectivity index (χ2v) is 6.08. The highest BCUT2D eigenvalue weighted by atomic mass is 15.1. The standard InChI is InChI=1S/C18H23N4/c1-13-11-16-17(12-14(13)2)20-18(19-16)7-10-22-8-5-15(6-9-22)21(3)4/h5-6,8-9,11-12H,7,10H2,1-4H3,(H,19,20)/q+1. The molecule has 0 bridgehead atoms. The Labute approximate surface area is 131 Å². The number of nitrogens with one attached hydrogen (secondary N) is 1. The molecule has 0 aliphatic carbocycles. The molecular formula is C18H23N4+. The van der Waals surface area contributed by atoms with Gasteiger partial charge in [0.05, 0.1) is 17.5 Å². The van der Waals surface area contributed by atoms with Crippen LogP contribution >= 0.6 is 0 Å². The molecule has 4 heteroatoms. The number of aromatic nitrogens is 3. The number of aryl methyl sites for hydroxylation is 4. The highest BCUT2D eigenvalue weighted by molar-refractivity contribution is 5.77. The Hall–Kier alpha value is -2.36. The minimum atomic E-state index is 0.902. The maximum Gasteiger partial charge on any atom is 0.170 e.